The number of hydrogen-bond acceptors (Lipinski definition) is 7. The second-order valence-electron chi connectivity index (χ2n) is 5.62. The summed E-state index contributed by atoms with van der Waals surface area (Å²) in [5.41, 5.74) is 0.953. The van der Waals surface area contributed by atoms with E-state index < -0.39 is 0 Å². The van der Waals surface area contributed by atoms with Crippen molar-refractivity contribution < 1.29 is 24.3 Å². The standard InChI is InChI=1S/C14H23N3O3S.C3H8O.CH2O/c1-10-11(2)21-14(15-10)16-12(18)8-6-4-5-7-9-13(19)17(3)20;1-3-4-2;1-2/h20H,4-9H2,1-3H3,(H,15,16,18);3H2,1-2H3;1H2. The van der Waals surface area contributed by atoms with Crippen LogP contribution in [-0.4, -0.2) is 54.6 Å². The maximum absolute atomic E-state index is 11.7. The van der Waals surface area contributed by atoms with Crippen molar-refractivity contribution in [2.75, 3.05) is 26.1 Å². The summed E-state index contributed by atoms with van der Waals surface area (Å²) < 4.78 is 4.54. The van der Waals surface area contributed by atoms with Gasteiger partial charge in [0, 0.05) is 38.5 Å². The molecule has 1 heterocycles. The Bertz CT molecular complexity index is 514. The van der Waals surface area contributed by atoms with Gasteiger partial charge in [0.25, 0.3) is 0 Å². The van der Waals surface area contributed by atoms with Crippen LogP contribution in [0.2, 0.25) is 0 Å². The number of ether oxygens (including phenoxy) is 1. The van der Waals surface area contributed by atoms with Crippen LogP contribution in [0.1, 0.15) is 56.0 Å². The van der Waals surface area contributed by atoms with E-state index in [2.05, 4.69) is 15.0 Å². The van der Waals surface area contributed by atoms with E-state index >= 15 is 0 Å². The molecule has 0 aliphatic heterocycles. The van der Waals surface area contributed by atoms with Gasteiger partial charge in [-0.3, -0.25) is 14.8 Å². The van der Waals surface area contributed by atoms with Crippen molar-refractivity contribution in [3.8, 4) is 0 Å². The molecule has 0 saturated carbocycles. The molecule has 0 fully saturated rings. The van der Waals surface area contributed by atoms with E-state index in [1.807, 2.05) is 27.6 Å². The molecule has 1 aromatic rings. The molecule has 0 aliphatic rings. The average Bonchev–Trinajstić information content (AvgIpc) is 2.96. The first-order chi connectivity index (χ1) is 12.8. The van der Waals surface area contributed by atoms with Gasteiger partial charge in [-0.25, -0.2) is 10.0 Å². The number of carbonyl (C=O) groups is 3. The maximum Gasteiger partial charge on any atom is 0.245 e. The van der Waals surface area contributed by atoms with Crippen molar-refractivity contribution in [2.45, 2.75) is 59.3 Å². The van der Waals surface area contributed by atoms with E-state index in [-0.39, 0.29) is 11.8 Å². The molecule has 0 unspecified atom stereocenters. The van der Waals surface area contributed by atoms with Gasteiger partial charge in [-0.15, -0.1) is 11.3 Å². The zero-order valence-electron chi connectivity index (χ0n) is 17.0. The number of aryl methyl sites for hydroxylation is 2. The molecular weight excluding hydrogens is 370 g/mol. The molecule has 0 atom stereocenters. The lowest BCUT2D eigenvalue weighted by Crippen LogP contribution is -2.21. The van der Waals surface area contributed by atoms with E-state index in [1.54, 1.807) is 7.11 Å². The molecule has 0 radical (unpaired) electrons. The fourth-order valence-corrected chi connectivity index (χ4v) is 2.62. The summed E-state index contributed by atoms with van der Waals surface area (Å²) in [6.45, 7) is 8.68. The number of anilines is 1. The monoisotopic (exact) mass is 403 g/mol. The number of methoxy groups -OCH3 is 1. The Hall–Kier alpha value is -1.84. The molecular formula is C18H33N3O5S. The number of nitrogens with one attached hydrogen (secondary N) is 1. The molecule has 1 aromatic heterocycles. The Labute approximate surface area is 165 Å². The fraction of sp³-hybridized carbons (Fsp3) is 0.667. The number of thiazole rings is 1. The van der Waals surface area contributed by atoms with Gasteiger partial charge in [-0.1, -0.05) is 12.8 Å². The van der Waals surface area contributed by atoms with Gasteiger partial charge < -0.3 is 14.8 Å². The number of hydrogen-bond donors (Lipinski definition) is 2. The molecule has 0 bridgehead atoms. The minimum absolute atomic E-state index is 0.0186. The van der Waals surface area contributed by atoms with E-state index in [9.17, 15) is 9.59 Å². The third-order valence-electron chi connectivity index (χ3n) is 3.47. The second kappa shape index (κ2) is 17.6. The van der Waals surface area contributed by atoms with E-state index in [4.69, 9.17) is 10.0 Å². The summed E-state index contributed by atoms with van der Waals surface area (Å²) >= 11 is 1.49. The molecule has 8 nitrogen and oxygen atoms in total. The highest BCUT2D eigenvalue weighted by Gasteiger charge is 2.08. The van der Waals surface area contributed by atoms with Gasteiger partial charge in [0.2, 0.25) is 11.8 Å². The van der Waals surface area contributed by atoms with Gasteiger partial charge >= 0.3 is 0 Å². The van der Waals surface area contributed by atoms with Crippen LogP contribution >= 0.6 is 11.3 Å². The zero-order valence-corrected chi connectivity index (χ0v) is 17.9. The SMILES string of the molecule is C=O.CCOC.Cc1nc(NC(=O)CCCCCCC(=O)N(C)O)sc1C. The first-order valence-corrected chi connectivity index (χ1v) is 9.60. The molecule has 0 aliphatic carbocycles. The Kier molecular flexibility index (Phi) is 17.8. The van der Waals surface area contributed by atoms with Crippen LogP contribution in [0.3, 0.4) is 0 Å². The predicted molar refractivity (Wildman–Crippen MR) is 107 cm³/mol. The number of nitrogens with zero attached hydrogens (tertiary/aromatic N) is 2. The molecule has 2 N–H and O–H groups in total. The molecule has 0 spiro atoms. The van der Waals surface area contributed by atoms with Crippen LogP contribution in [0.15, 0.2) is 0 Å². The first kappa shape index (κ1) is 27.4. The lowest BCUT2D eigenvalue weighted by molar-refractivity contribution is -0.159. The Morgan fingerprint density at radius 3 is 2.11 bits per heavy atom. The van der Waals surface area contributed by atoms with Crippen LogP contribution in [0.5, 0.6) is 0 Å². The van der Waals surface area contributed by atoms with Crippen LogP contribution in [0, 0.1) is 13.8 Å². The highest BCUT2D eigenvalue weighted by molar-refractivity contribution is 7.15. The summed E-state index contributed by atoms with van der Waals surface area (Å²) in [6.07, 6.45) is 4.10. The molecule has 0 saturated heterocycles. The normalized spacial score (nSPS) is 9.41. The van der Waals surface area contributed by atoms with Crippen LogP contribution < -0.4 is 5.32 Å². The van der Waals surface area contributed by atoms with E-state index in [1.165, 1.54) is 18.4 Å². The molecule has 9 heteroatoms. The number of amides is 2. The summed E-state index contributed by atoms with van der Waals surface area (Å²) in [4.78, 5) is 36.2. The Morgan fingerprint density at radius 1 is 1.19 bits per heavy atom. The quantitative estimate of drug-likeness (QED) is 0.372. The lowest BCUT2D eigenvalue weighted by Gasteiger charge is -2.07. The summed E-state index contributed by atoms with van der Waals surface area (Å²) in [5, 5.41) is 13.0. The lowest BCUT2D eigenvalue weighted by atomic mass is 10.1. The van der Waals surface area contributed by atoms with Gasteiger partial charge in [0.15, 0.2) is 5.13 Å². The van der Waals surface area contributed by atoms with Crippen molar-refractivity contribution in [3.05, 3.63) is 10.6 Å². The van der Waals surface area contributed by atoms with Gasteiger partial charge in [-0.05, 0) is 33.6 Å². The minimum Gasteiger partial charge on any atom is -0.385 e. The average molecular weight is 404 g/mol. The van der Waals surface area contributed by atoms with Crippen LogP contribution in [-0.2, 0) is 19.1 Å². The zero-order chi connectivity index (χ0) is 21.2. The highest BCUT2D eigenvalue weighted by Crippen LogP contribution is 2.21. The largest absolute Gasteiger partial charge is 0.385 e. The van der Waals surface area contributed by atoms with Crippen molar-refractivity contribution in [1.29, 1.82) is 0 Å². The number of carbonyl (C=O) groups excluding carboxylic acids is 3. The van der Waals surface area contributed by atoms with Crippen molar-refractivity contribution in [2.24, 2.45) is 0 Å². The van der Waals surface area contributed by atoms with E-state index in [0.717, 1.165) is 42.9 Å². The maximum atomic E-state index is 11.7. The Morgan fingerprint density at radius 2 is 1.70 bits per heavy atom. The van der Waals surface area contributed by atoms with Gasteiger partial charge in [0.05, 0.1) is 5.69 Å². The van der Waals surface area contributed by atoms with Crippen molar-refractivity contribution in [3.63, 3.8) is 0 Å². The Balaban J connectivity index is 0. The van der Waals surface area contributed by atoms with Gasteiger partial charge in [-0.2, -0.15) is 0 Å². The van der Waals surface area contributed by atoms with Crippen LogP contribution in [0.4, 0.5) is 5.13 Å². The third-order valence-corrected chi connectivity index (χ3v) is 4.46. The second-order valence-corrected chi connectivity index (χ2v) is 6.82. The van der Waals surface area contributed by atoms with Crippen molar-refractivity contribution >= 4 is 35.1 Å². The summed E-state index contributed by atoms with van der Waals surface area (Å²) in [5.74, 6) is -0.294. The molecule has 156 valence electrons. The smallest absolute Gasteiger partial charge is 0.245 e. The molecule has 27 heavy (non-hydrogen) atoms. The topological polar surface area (TPSA) is 109 Å². The van der Waals surface area contributed by atoms with Crippen LogP contribution in [0.25, 0.3) is 0 Å². The third kappa shape index (κ3) is 15.0. The molecule has 2 amide bonds. The fourth-order valence-electron chi connectivity index (χ4n) is 1.79. The summed E-state index contributed by atoms with van der Waals surface area (Å²) in [7, 11) is 3.01. The highest BCUT2D eigenvalue weighted by atomic mass is 32.1. The molecule has 1 rings (SSSR count). The van der Waals surface area contributed by atoms with E-state index in [0.29, 0.717) is 23.0 Å². The molecule has 0 aromatic carbocycles. The number of rotatable bonds is 9. The van der Waals surface area contributed by atoms with Crippen molar-refractivity contribution in [1.82, 2.24) is 10.0 Å². The predicted octanol–water partition coefficient (Wildman–Crippen LogP) is 3.35. The number of aromatic nitrogens is 1. The summed E-state index contributed by atoms with van der Waals surface area (Å²) in [6, 6.07) is 0. The van der Waals surface area contributed by atoms with Gasteiger partial charge in [0.1, 0.15) is 6.79 Å². The number of hydroxylamine groups is 2. The minimum atomic E-state index is -0.276. The first-order valence-electron chi connectivity index (χ1n) is 8.78. The number of unbranched alkanes of at least 4 members (excludes halogenated alkanes) is 3.